The number of halogens is 2. The topological polar surface area (TPSA) is 106 Å². The van der Waals surface area contributed by atoms with Crippen molar-refractivity contribution in [2.45, 2.75) is 0 Å². The van der Waals surface area contributed by atoms with Gasteiger partial charge in [-0.05, 0) is 24.3 Å². The van der Waals surface area contributed by atoms with Crippen LogP contribution in [0.15, 0.2) is 48.9 Å². The number of nitrogens with one attached hydrogen (secondary N) is 2. The van der Waals surface area contributed by atoms with E-state index >= 15 is 0 Å². The molecule has 0 radical (unpaired) electrons. The Kier molecular flexibility index (Phi) is 4.42. The van der Waals surface area contributed by atoms with Gasteiger partial charge >= 0.3 is 5.69 Å². The van der Waals surface area contributed by atoms with Gasteiger partial charge in [-0.2, -0.15) is 0 Å². The molecule has 126 valence electrons. The molecule has 25 heavy (non-hydrogen) atoms. The van der Waals surface area contributed by atoms with Crippen LogP contribution >= 0.6 is 0 Å². The summed E-state index contributed by atoms with van der Waals surface area (Å²) in [5.74, 6) is -1.71. The highest BCUT2D eigenvalue weighted by atomic mass is 19.1. The number of hydrogen-bond donors (Lipinski definition) is 2. The molecule has 0 amide bonds. The normalized spacial score (nSPS) is 10.3. The van der Waals surface area contributed by atoms with Gasteiger partial charge in [0.25, 0.3) is 0 Å². The summed E-state index contributed by atoms with van der Waals surface area (Å²) >= 11 is 0. The maximum absolute atomic E-state index is 13.8. The van der Waals surface area contributed by atoms with Crippen LogP contribution in [-0.2, 0) is 0 Å². The Bertz CT molecular complexity index is 923. The van der Waals surface area contributed by atoms with E-state index in [0.29, 0.717) is 11.9 Å². The van der Waals surface area contributed by atoms with E-state index in [-0.39, 0.29) is 17.3 Å². The number of hydrogen-bond acceptors (Lipinski definition) is 7. The lowest BCUT2D eigenvalue weighted by atomic mass is 10.3. The van der Waals surface area contributed by atoms with Crippen LogP contribution in [0.1, 0.15) is 0 Å². The van der Waals surface area contributed by atoms with Crippen molar-refractivity contribution >= 4 is 28.8 Å². The monoisotopic (exact) mass is 344 g/mol. The average molecular weight is 344 g/mol. The molecule has 0 saturated heterocycles. The Balaban J connectivity index is 1.99. The fourth-order valence-corrected chi connectivity index (χ4v) is 2.01. The van der Waals surface area contributed by atoms with Crippen LogP contribution < -0.4 is 10.6 Å². The van der Waals surface area contributed by atoms with Gasteiger partial charge in [-0.3, -0.25) is 10.1 Å². The first-order valence-corrected chi connectivity index (χ1v) is 6.94. The van der Waals surface area contributed by atoms with Gasteiger partial charge in [0.1, 0.15) is 23.8 Å². The van der Waals surface area contributed by atoms with E-state index in [9.17, 15) is 18.9 Å². The van der Waals surface area contributed by atoms with Crippen LogP contribution in [0.4, 0.5) is 37.6 Å². The number of anilines is 4. The molecule has 1 aromatic carbocycles. The largest absolute Gasteiger partial charge is 0.353 e. The lowest BCUT2D eigenvalue weighted by molar-refractivity contribution is -0.383. The molecule has 3 rings (SSSR count). The average Bonchev–Trinajstić information content (AvgIpc) is 2.58. The fraction of sp³-hybridized carbons (Fsp3) is 0. The van der Waals surface area contributed by atoms with E-state index in [1.54, 1.807) is 18.2 Å². The van der Waals surface area contributed by atoms with Crippen molar-refractivity contribution in [3.05, 3.63) is 70.7 Å². The number of pyridine rings is 1. The molecule has 0 unspecified atom stereocenters. The molecule has 0 fully saturated rings. The van der Waals surface area contributed by atoms with Crippen molar-refractivity contribution in [2.24, 2.45) is 0 Å². The maximum Gasteiger partial charge on any atom is 0.353 e. The highest BCUT2D eigenvalue weighted by molar-refractivity contribution is 5.76. The molecule has 2 aromatic heterocycles. The van der Waals surface area contributed by atoms with Crippen LogP contribution in [0.5, 0.6) is 0 Å². The molecule has 2 heterocycles. The summed E-state index contributed by atoms with van der Waals surface area (Å²) in [6, 6.07) is 7.76. The molecule has 0 spiro atoms. The van der Waals surface area contributed by atoms with Gasteiger partial charge in [-0.25, -0.2) is 23.7 Å². The summed E-state index contributed by atoms with van der Waals surface area (Å²) in [4.78, 5) is 22.3. The zero-order valence-electron chi connectivity index (χ0n) is 12.5. The molecule has 0 aliphatic rings. The minimum atomic E-state index is -0.910. The molecular formula is C15H10F2N6O2. The lowest BCUT2D eigenvalue weighted by Gasteiger charge is -2.10. The Labute approximate surface area is 139 Å². The predicted molar refractivity (Wildman–Crippen MR) is 85.8 cm³/mol. The van der Waals surface area contributed by atoms with Gasteiger partial charge in [0, 0.05) is 12.3 Å². The third kappa shape index (κ3) is 3.63. The second kappa shape index (κ2) is 6.83. The number of aromatic nitrogens is 3. The predicted octanol–water partition coefficient (Wildman–Crippen LogP) is 3.55. The summed E-state index contributed by atoms with van der Waals surface area (Å²) in [7, 11) is 0. The van der Waals surface area contributed by atoms with Gasteiger partial charge in [-0.15, -0.1) is 0 Å². The molecule has 2 N–H and O–H groups in total. The number of rotatable bonds is 5. The maximum atomic E-state index is 13.8. The van der Waals surface area contributed by atoms with Crippen molar-refractivity contribution < 1.29 is 13.7 Å². The number of nitro groups is 1. The summed E-state index contributed by atoms with van der Waals surface area (Å²) in [5.41, 5.74) is -0.663. The van der Waals surface area contributed by atoms with Crippen molar-refractivity contribution in [3.8, 4) is 0 Å². The Morgan fingerprint density at radius 2 is 1.76 bits per heavy atom. The highest BCUT2D eigenvalue weighted by Crippen LogP contribution is 2.33. The molecular weight excluding hydrogens is 334 g/mol. The molecule has 0 aliphatic heterocycles. The molecule has 10 heteroatoms. The van der Waals surface area contributed by atoms with Crippen molar-refractivity contribution in [3.63, 3.8) is 0 Å². The first kappa shape index (κ1) is 16.2. The van der Waals surface area contributed by atoms with Crippen LogP contribution in [0.2, 0.25) is 0 Å². The third-order valence-electron chi connectivity index (χ3n) is 3.10. The molecule has 0 bridgehead atoms. The van der Waals surface area contributed by atoms with Crippen molar-refractivity contribution in [1.29, 1.82) is 0 Å². The van der Waals surface area contributed by atoms with Gasteiger partial charge in [0.2, 0.25) is 11.6 Å². The molecule has 3 aromatic rings. The first-order valence-electron chi connectivity index (χ1n) is 6.94. The summed E-state index contributed by atoms with van der Waals surface area (Å²) in [6.07, 6.45) is 2.57. The van der Waals surface area contributed by atoms with Crippen molar-refractivity contribution in [1.82, 2.24) is 15.0 Å². The second-order valence-corrected chi connectivity index (χ2v) is 4.77. The van der Waals surface area contributed by atoms with E-state index in [0.717, 1.165) is 18.5 Å². The number of nitrogens with zero attached hydrogens (tertiary/aromatic N) is 4. The Hall–Kier alpha value is -3.69. The minimum absolute atomic E-state index is 0.122. The van der Waals surface area contributed by atoms with Gasteiger partial charge in [0.05, 0.1) is 10.6 Å². The molecule has 0 atom stereocenters. The summed E-state index contributed by atoms with van der Waals surface area (Å²) in [6.45, 7) is 0. The van der Waals surface area contributed by atoms with Crippen LogP contribution in [-0.4, -0.2) is 19.9 Å². The first-order chi connectivity index (χ1) is 12.0. The van der Waals surface area contributed by atoms with Crippen LogP contribution in [0.3, 0.4) is 0 Å². The quantitative estimate of drug-likeness (QED) is 0.538. The molecule has 8 nitrogen and oxygen atoms in total. The standard InChI is InChI=1S/C15H10F2N6O2/c16-9-4-5-11(10(17)7-9)21-14-13(23(24)25)15(20-8-19-14)22-12-3-1-2-6-18-12/h1-8H,(H2,18,19,20,21,22). The van der Waals surface area contributed by atoms with Crippen LogP contribution in [0, 0.1) is 21.7 Å². The SMILES string of the molecule is O=[N+]([O-])c1c(Nc2ccccn2)ncnc1Nc1ccc(F)cc1F. The van der Waals surface area contributed by atoms with Crippen molar-refractivity contribution in [2.75, 3.05) is 10.6 Å². The highest BCUT2D eigenvalue weighted by Gasteiger charge is 2.24. The molecule has 0 aliphatic carbocycles. The van der Waals surface area contributed by atoms with Crippen LogP contribution in [0.25, 0.3) is 0 Å². The zero-order valence-corrected chi connectivity index (χ0v) is 12.5. The summed E-state index contributed by atoms with van der Waals surface area (Å²) in [5, 5.41) is 16.6. The smallest absolute Gasteiger partial charge is 0.332 e. The van der Waals surface area contributed by atoms with Gasteiger partial charge in [0.15, 0.2) is 0 Å². The van der Waals surface area contributed by atoms with E-state index < -0.39 is 22.2 Å². The second-order valence-electron chi connectivity index (χ2n) is 4.77. The van der Waals surface area contributed by atoms with Gasteiger partial charge < -0.3 is 10.6 Å². The van der Waals surface area contributed by atoms with E-state index in [1.165, 1.54) is 6.20 Å². The van der Waals surface area contributed by atoms with E-state index in [4.69, 9.17) is 0 Å². The van der Waals surface area contributed by atoms with Gasteiger partial charge in [-0.1, -0.05) is 6.07 Å². The fourth-order valence-electron chi connectivity index (χ4n) is 2.01. The number of benzene rings is 1. The minimum Gasteiger partial charge on any atom is -0.332 e. The molecule has 0 saturated carbocycles. The van der Waals surface area contributed by atoms with E-state index in [2.05, 4.69) is 25.6 Å². The summed E-state index contributed by atoms with van der Waals surface area (Å²) < 4.78 is 26.8. The zero-order chi connectivity index (χ0) is 17.8. The Morgan fingerprint density at radius 3 is 2.40 bits per heavy atom. The lowest BCUT2D eigenvalue weighted by Crippen LogP contribution is -2.06. The Morgan fingerprint density at radius 1 is 1.00 bits per heavy atom. The van der Waals surface area contributed by atoms with E-state index in [1.807, 2.05) is 0 Å². The third-order valence-corrected chi connectivity index (χ3v) is 3.10.